The van der Waals surface area contributed by atoms with Crippen LogP contribution >= 0.6 is 0 Å². The van der Waals surface area contributed by atoms with Crippen molar-refractivity contribution in [2.45, 2.75) is 13.0 Å². The first-order chi connectivity index (χ1) is 7.24. The van der Waals surface area contributed by atoms with Crippen LogP contribution in [0.5, 0.6) is 0 Å². The molecule has 1 aromatic rings. The Balaban J connectivity index is 2.27. The van der Waals surface area contributed by atoms with E-state index in [0.717, 1.165) is 5.56 Å². The molecule has 4 nitrogen and oxygen atoms in total. The van der Waals surface area contributed by atoms with Gasteiger partial charge in [0.25, 0.3) is 5.91 Å². The lowest BCUT2D eigenvalue weighted by atomic mass is 10.1. The third kappa shape index (κ3) is 1.58. The van der Waals surface area contributed by atoms with Crippen LogP contribution in [0.3, 0.4) is 0 Å². The molecule has 0 aromatic heterocycles. The van der Waals surface area contributed by atoms with E-state index >= 15 is 0 Å². The summed E-state index contributed by atoms with van der Waals surface area (Å²) in [7, 11) is 0. The van der Waals surface area contributed by atoms with Gasteiger partial charge in [-0.25, -0.2) is 4.79 Å². The van der Waals surface area contributed by atoms with Crippen molar-refractivity contribution in [3.63, 3.8) is 0 Å². The minimum absolute atomic E-state index is 0.172. The molecular formula is C11H12N2O2. The average Bonchev–Trinajstić information content (AvgIpc) is 2.55. The average molecular weight is 204 g/mol. The zero-order valence-corrected chi connectivity index (χ0v) is 8.43. The summed E-state index contributed by atoms with van der Waals surface area (Å²) < 4.78 is 0. The Morgan fingerprint density at radius 2 is 1.93 bits per heavy atom. The third-order valence-electron chi connectivity index (χ3n) is 2.48. The number of nitrogens with one attached hydrogen (secondary N) is 1. The lowest BCUT2D eigenvalue weighted by molar-refractivity contribution is -0.127. The molecule has 1 heterocycles. The Morgan fingerprint density at radius 3 is 2.47 bits per heavy atom. The molecule has 1 aliphatic rings. The molecule has 0 aliphatic carbocycles. The molecule has 0 radical (unpaired) electrons. The van der Waals surface area contributed by atoms with E-state index in [1.54, 1.807) is 6.92 Å². The van der Waals surface area contributed by atoms with Gasteiger partial charge >= 0.3 is 6.03 Å². The van der Waals surface area contributed by atoms with Crippen LogP contribution < -0.4 is 5.32 Å². The molecule has 1 atom stereocenters. The topological polar surface area (TPSA) is 49.4 Å². The normalized spacial score (nSPS) is 20.6. The lowest BCUT2D eigenvalue weighted by Crippen LogP contribution is -2.30. The summed E-state index contributed by atoms with van der Waals surface area (Å²) in [4.78, 5) is 24.4. The highest BCUT2D eigenvalue weighted by Crippen LogP contribution is 2.20. The van der Waals surface area contributed by atoms with Gasteiger partial charge in [0.05, 0.1) is 0 Å². The predicted octanol–water partition coefficient (Wildman–Crippen LogP) is 1.30. The lowest BCUT2D eigenvalue weighted by Gasteiger charge is -2.09. The van der Waals surface area contributed by atoms with Crippen LogP contribution in [0, 0.1) is 0 Å². The number of nitrogens with zero attached hydrogens (tertiary/aromatic N) is 1. The summed E-state index contributed by atoms with van der Waals surface area (Å²) in [6.45, 7) is 2.19. The van der Waals surface area contributed by atoms with Crippen molar-refractivity contribution in [3.05, 3.63) is 35.9 Å². The highest BCUT2D eigenvalue weighted by atomic mass is 16.2. The SMILES string of the molecule is CCN1C(=O)N[C@H](c2ccccc2)C1=O. The van der Waals surface area contributed by atoms with E-state index in [1.165, 1.54) is 4.90 Å². The van der Waals surface area contributed by atoms with E-state index in [-0.39, 0.29) is 11.9 Å². The van der Waals surface area contributed by atoms with E-state index in [4.69, 9.17) is 0 Å². The van der Waals surface area contributed by atoms with Crippen LogP contribution in [0.15, 0.2) is 30.3 Å². The van der Waals surface area contributed by atoms with Crippen LogP contribution in [-0.2, 0) is 4.79 Å². The molecule has 3 amide bonds. The Morgan fingerprint density at radius 1 is 1.27 bits per heavy atom. The number of rotatable bonds is 2. The fourth-order valence-electron chi connectivity index (χ4n) is 1.69. The summed E-state index contributed by atoms with van der Waals surface area (Å²) in [5.74, 6) is -0.172. The second-order valence-electron chi connectivity index (χ2n) is 3.38. The van der Waals surface area contributed by atoms with Crippen LogP contribution in [-0.4, -0.2) is 23.4 Å². The number of hydrogen-bond acceptors (Lipinski definition) is 2. The molecule has 2 rings (SSSR count). The molecule has 78 valence electrons. The van der Waals surface area contributed by atoms with Gasteiger partial charge in [-0.05, 0) is 12.5 Å². The number of imide groups is 1. The molecule has 4 heteroatoms. The molecular weight excluding hydrogens is 192 g/mol. The van der Waals surface area contributed by atoms with Crippen LogP contribution in [0.1, 0.15) is 18.5 Å². The van der Waals surface area contributed by atoms with Crippen LogP contribution in [0.4, 0.5) is 4.79 Å². The van der Waals surface area contributed by atoms with Gasteiger partial charge in [0, 0.05) is 6.54 Å². The van der Waals surface area contributed by atoms with Crippen molar-refractivity contribution in [2.24, 2.45) is 0 Å². The van der Waals surface area contributed by atoms with Gasteiger partial charge in [-0.1, -0.05) is 30.3 Å². The second kappa shape index (κ2) is 3.73. The molecule has 15 heavy (non-hydrogen) atoms. The maximum absolute atomic E-state index is 11.8. The Bertz CT molecular complexity index is 389. The van der Waals surface area contributed by atoms with Crippen molar-refractivity contribution in [2.75, 3.05) is 6.54 Å². The molecule has 1 aliphatic heterocycles. The quantitative estimate of drug-likeness (QED) is 0.738. The smallest absolute Gasteiger partial charge is 0.322 e. The van der Waals surface area contributed by atoms with Gasteiger partial charge in [-0.3, -0.25) is 9.69 Å². The molecule has 1 aromatic carbocycles. The Labute approximate surface area is 87.9 Å². The van der Waals surface area contributed by atoms with Gasteiger partial charge in [0.15, 0.2) is 0 Å². The zero-order chi connectivity index (χ0) is 10.8. The van der Waals surface area contributed by atoms with Crippen molar-refractivity contribution in [3.8, 4) is 0 Å². The molecule has 0 unspecified atom stereocenters. The fraction of sp³-hybridized carbons (Fsp3) is 0.273. The minimum Gasteiger partial charge on any atom is -0.322 e. The first kappa shape index (κ1) is 9.71. The minimum atomic E-state index is -0.515. The van der Waals surface area contributed by atoms with Crippen molar-refractivity contribution in [1.82, 2.24) is 10.2 Å². The predicted molar refractivity (Wildman–Crippen MR) is 55.1 cm³/mol. The fourth-order valence-corrected chi connectivity index (χ4v) is 1.69. The van der Waals surface area contributed by atoms with Crippen molar-refractivity contribution in [1.29, 1.82) is 0 Å². The van der Waals surface area contributed by atoms with Gasteiger partial charge in [-0.15, -0.1) is 0 Å². The first-order valence-electron chi connectivity index (χ1n) is 4.91. The summed E-state index contributed by atoms with van der Waals surface area (Å²) >= 11 is 0. The Hall–Kier alpha value is -1.84. The number of carbonyl (C=O) groups excluding carboxylic acids is 2. The molecule has 1 fully saturated rings. The number of amides is 3. The third-order valence-corrected chi connectivity index (χ3v) is 2.48. The van der Waals surface area contributed by atoms with Gasteiger partial charge in [-0.2, -0.15) is 0 Å². The molecule has 0 spiro atoms. The number of hydrogen-bond donors (Lipinski definition) is 1. The maximum Gasteiger partial charge on any atom is 0.325 e. The van der Waals surface area contributed by atoms with Crippen molar-refractivity contribution < 1.29 is 9.59 Å². The van der Waals surface area contributed by atoms with Gasteiger partial charge in [0.2, 0.25) is 0 Å². The second-order valence-corrected chi connectivity index (χ2v) is 3.38. The van der Waals surface area contributed by atoms with Crippen LogP contribution in [0.25, 0.3) is 0 Å². The van der Waals surface area contributed by atoms with Crippen LogP contribution in [0.2, 0.25) is 0 Å². The monoisotopic (exact) mass is 204 g/mol. The summed E-state index contributed by atoms with van der Waals surface area (Å²) in [6.07, 6.45) is 0. The van der Waals surface area contributed by atoms with Gasteiger partial charge < -0.3 is 5.32 Å². The summed E-state index contributed by atoms with van der Waals surface area (Å²) in [5.41, 5.74) is 0.826. The highest BCUT2D eigenvalue weighted by molar-refractivity contribution is 6.04. The molecule has 0 saturated carbocycles. The van der Waals surface area contributed by atoms with E-state index in [9.17, 15) is 9.59 Å². The molecule has 1 saturated heterocycles. The zero-order valence-electron chi connectivity index (χ0n) is 8.43. The van der Waals surface area contributed by atoms with Gasteiger partial charge in [0.1, 0.15) is 6.04 Å². The van der Waals surface area contributed by atoms with E-state index in [2.05, 4.69) is 5.32 Å². The maximum atomic E-state index is 11.8. The van der Waals surface area contributed by atoms with E-state index in [1.807, 2.05) is 30.3 Å². The molecule has 0 bridgehead atoms. The summed E-state index contributed by atoms with van der Waals surface area (Å²) in [6, 6.07) is 8.43. The van der Waals surface area contributed by atoms with E-state index in [0.29, 0.717) is 6.54 Å². The number of urea groups is 1. The standard InChI is InChI=1S/C11H12N2O2/c1-2-13-10(14)9(12-11(13)15)8-6-4-3-5-7-8/h3-7,9H,2H2,1H3,(H,12,15)/t9-/m1/s1. The first-order valence-corrected chi connectivity index (χ1v) is 4.91. The highest BCUT2D eigenvalue weighted by Gasteiger charge is 2.37. The number of benzene rings is 1. The van der Waals surface area contributed by atoms with E-state index < -0.39 is 6.04 Å². The number of carbonyl (C=O) groups is 2. The van der Waals surface area contributed by atoms with Crippen molar-refractivity contribution >= 4 is 11.9 Å². The largest absolute Gasteiger partial charge is 0.325 e. The Kier molecular flexibility index (Phi) is 2.41. The summed E-state index contributed by atoms with van der Waals surface area (Å²) in [5, 5.41) is 2.66. The molecule has 1 N–H and O–H groups in total. The number of likely N-dealkylation sites (N-methyl/N-ethyl adjacent to an activating group) is 1.